The molecule has 64 valence electrons. The second-order valence-electron chi connectivity index (χ2n) is 2.08. The molecule has 0 fully saturated rings. The summed E-state index contributed by atoms with van der Waals surface area (Å²) in [6.07, 6.45) is 1.75. The molecule has 0 aromatic rings. The Bertz CT molecular complexity index is 148. The van der Waals surface area contributed by atoms with Crippen molar-refractivity contribution in [2.24, 2.45) is 5.10 Å². The number of nitrogens with one attached hydrogen (secondary N) is 2. The summed E-state index contributed by atoms with van der Waals surface area (Å²) in [4.78, 5) is 10.6. The molecule has 0 aromatic heterocycles. The summed E-state index contributed by atoms with van der Waals surface area (Å²) in [5.41, 5.74) is 3.37. The summed E-state index contributed by atoms with van der Waals surface area (Å²) in [5.74, 6) is 0. The van der Waals surface area contributed by atoms with Crippen LogP contribution < -0.4 is 10.7 Å². The number of urea groups is 1. The molecule has 0 unspecified atom stereocenters. The zero-order valence-corrected chi connectivity index (χ0v) is 7.27. The van der Waals surface area contributed by atoms with E-state index in [2.05, 4.69) is 15.8 Å². The van der Waals surface area contributed by atoms with Gasteiger partial charge in [-0.1, -0.05) is 13.8 Å². The van der Waals surface area contributed by atoms with E-state index < -0.39 is 0 Å². The second kappa shape index (κ2) is 5.70. The Morgan fingerprint density at radius 3 is 2.27 bits per heavy atom. The van der Waals surface area contributed by atoms with Gasteiger partial charge in [0.25, 0.3) is 0 Å². The van der Waals surface area contributed by atoms with Crippen LogP contribution in [0.1, 0.15) is 26.7 Å². The highest BCUT2D eigenvalue weighted by molar-refractivity contribution is 5.85. The summed E-state index contributed by atoms with van der Waals surface area (Å²) >= 11 is 0. The van der Waals surface area contributed by atoms with Gasteiger partial charge in [-0.05, 0) is 12.8 Å². The molecule has 0 rings (SSSR count). The van der Waals surface area contributed by atoms with Gasteiger partial charge in [0.1, 0.15) is 0 Å². The summed E-state index contributed by atoms with van der Waals surface area (Å²) in [7, 11) is 1.56. The third-order valence-corrected chi connectivity index (χ3v) is 1.36. The van der Waals surface area contributed by atoms with Gasteiger partial charge in [0, 0.05) is 12.8 Å². The van der Waals surface area contributed by atoms with E-state index in [9.17, 15) is 4.79 Å². The van der Waals surface area contributed by atoms with Crippen molar-refractivity contribution >= 4 is 11.7 Å². The van der Waals surface area contributed by atoms with E-state index in [1.54, 1.807) is 7.05 Å². The highest BCUT2D eigenvalue weighted by Gasteiger charge is 1.94. The van der Waals surface area contributed by atoms with Crippen LogP contribution in [0.5, 0.6) is 0 Å². The molecule has 0 radical (unpaired) electrons. The molecule has 0 aromatic carbocycles. The van der Waals surface area contributed by atoms with Gasteiger partial charge in [-0.2, -0.15) is 5.10 Å². The monoisotopic (exact) mass is 157 g/mol. The predicted molar refractivity (Wildman–Crippen MR) is 45.6 cm³/mol. The van der Waals surface area contributed by atoms with E-state index in [1.807, 2.05) is 13.8 Å². The lowest BCUT2D eigenvalue weighted by atomic mass is 10.2. The number of hydrogen-bond acceptors (Lipinski definition) is 2. The molecular formula is C7H15N3O. The second-order valence-corrected chi connectivity index (χ2v) is 2.08. The Kier molecular flexibility index (Phi) is 5.15. The maximum atomic E-state index is 10.6. The van der Waals surface area contributed by atoms with Crippen molar-refractivity contribution in [1.29, 1.82) is 0 Å². The van der Waals surface area contributed by atoms with Gasteiger partial charge in [0.05, 0.1) is 0 Å². The van der Waals surface area contributed by atoms with Gasteiger partial charge in [-0.25, -0.2) is 10.2 Å². The quantitative estimate of drug-likeness (QED) is 0.467. The number of amides is 2. The SMILES string of the molecule is CCC(CC)=NNC(=O)NC. The average molecular weight is 157 g/mol. The number of carbonyl (C=O) groups excluding carboxylic acids is 1. The molecule has 0 saturated heterocycles. The summed E-state index contributed by atoms with van der Waals surface area (Å²) in [5, 5.41) is 6.30. The molecule has 2 amide bonds. The van der Waals surface area contributed by atoms with Gasteiger partial charge in [0.15, 0.2) is 0 Å². The summed E-state index contributed by atoms with van der Waals surface area (Å²) in [6, 6.07) is -0.274. The maximum Gasteiger partial charge on any atom is 0.334 e. The van der Waals surface area contributed by atoms with E-state index in [0.717, 1.165) is 18.6 Å². The molecule has 4 heteroatoms. The smallest absolute Gasteiger partial charge is 0.334 e. The number of carbonyl (C=O) groups is 1. The molecule has 11 heavy (non-hydrogen) atoms. The molecule has 2 N–H and O–H groups in total. The van der Waals surface area contributed by atoms with Crippen LogP contribution in [0.2, 0.25) is 0 Å². The van der Waals surface area contributed by atoms with Crippen LogP contribution in [-0.2, 0) is 0 Å². The fraction of sp³-hybridized carbons (Fsp3) is 0.714. The first kappa shape index (κ1) is 9.94. The van der Waals surface area contributed by atoms with Gasteiger partial charge < -0.3 is 5.32 Å². The third kappa shape index (κ3) is 4.36. The average Bonchev–Trinajstić information content (AvgIpc) is 2.06. The van der Waals surface area contributed by atoms with E-state index in [4.69, 9.17) is 0 Å². The summed E-state index contributed by atoms with van der Waals surface area (Å²) in [6.45, 7) is 4.02. The Labute approximate surface area is 67.1 Å². The normalized spacial score (nSPS) is 8.64. The lowest BCUT2D eigenvalue weighted by molar-refractivity contribution is 0.243. The Hall–Kier alpha value is -1.06. The van der Waals surface area contributed by atoms with Gasteiger partial charge in [0.2, 0.25) is 0 Å². The standard InChI is InChI=1S/C7H15N3O/c1-4-6(5-2)9-10-7(11)8-3/h4-5H2,1-3H3,(H2,8,10,11). The zero-order chi connectivity index (χ0) is 8.69. The van der Waals surface area contributed by atoms with Crippen molar-refractivity contribution in [1.82, 2.24) is 10.7 Å². The van der Waals surface area contributed by atoms with Crippen LogP contribution in [0.4, 0.5) is 4.79 Å². The fourth-order valence-electron chi connectivity index (χ4n) is 0.594. The first-order valence-electron chi connectivity index (χ1n) is 3.77. The first-order chi connectivity index (χ1) is 5.24. The van der Waals surface area contributed by atoms with Crippen molar-refractivity contribution in [3.05, 3.63) is 0 Å². The molecule has 0 atom stereocenters. The summed E-state index contributed by atoms with van der Waals surface area (Å²) < 4.78 is 0. The Morgan fingerprint density at radius 2 is 1.91 bits per heavy atom. The number of rotatable bonds is 3. The van der Waals surface area contributed by atoms with Crippen LogP contribution in [-0.4, -0.2) is 18.8 Å². The number of hydrogen-bond donors (Lipinski definition) is 2. The zero-order valence-electron chi connectivity index (χ0n) is 7.27. The highest BCUT2D eigenvalue weighted by atomic mass is 16.2. The van der Waals surface area contributed by atoms with Crippen molar-refractivity contribution in [2.45, 2.75) is 26.7 Å². The van der Waals surface area contributed by atoms with E-state index in [1.165, 1.54) is 0 Å². The van der Waals surface area contributed by atoms with Gasteiger partial charge >= 0.3 is 6.03 Å². The van der Waals surface area contributed by atoms with Gasteiger partial charge in [-0.3, -0.25) is 0 Å². The number of hydrazone groups is 1. The molecule has 0 heterocycles. The van der Waals surface area contributed by atoms with E-state index >= 15 is 0 Å². The largest absolute Gasteiger partial charge is 0.340 e. The van der Waals surface area contributed by atoms with E-state index in [-0.39, 0.29) is 6.03 Å². The van der Waals surface area contributed by atoms with Crippen LogP contribution in [0.25, 0.3) is 0 Å². The Balaban J connectivity index is 3.78. The molecule has 0 spiro atoms. The topological polar surface area (TPSA) is 53.5 Å². The van der Waals surface area contributed by atoms with Crippen LogP contribution in [0.3, 0.4) is 0 Å². The van der Waals surface area contributed by atoms with E-state index in [0.29, 0.717) is 0 Å². The van der Waals surface area contributed by atoms with Crippen molar-refractivity contribution < 1.29 is 4.79 Å². The minimum absolute atomic E-state index is 0.274. The molecule has 4 nitrogen and oxygen atoms in total. The lowest BCUT2D eigenvalue weighted by Crippen LogP contribution is -2.29. The molecular weight excluding hydrogens is 142 g/mol. The van der Waals surface area contributed by atoms with Crippen LogP contribution in [0.15, 0.2) is 5.10 Å². The number of nitrogens with zero attached hydrogens (tertiary/aromatic N) is 1. The van der Waals surface area contributed by atoms with Crippen molar-refractivity contribution in [2.75, 3.05) is 7.05 Å². The minimum Gasteiger partial charge on any atom is -0.340 e. The third-order valence-electron chi connectivity index (χ3n) is 1.36. The lowest BCUT2D eigenvalue weighted by Gasteiger charge is -2.00. The fourth-order valence-corrected chi connectivity index (χ4v) is 0.594. The first-order valence-corrected chi connectivity index (χ1v) is 3.77. The molecule has 0 bridgehead atoms. The molecule has 0 aliphatic rings. The molecule has 0 aliphatic carbocycles. The van der Waals surface area contributed by atoms with Crippen LogP contribution >= 0.6 is 0 Å². The minimum atomic E-state index is -0.274. The van der Waals surface area contributed by atoms with Crippen LogP contribution in [0, 0.1) is 0 Å². The predicted octanol–water partition coefficient (Wildman–Crippen LogP) is 1.09. The maximum absolute atomic E-state index is 10.6. The molecule has 0 saturated carbocycles. The Morgan fingerprint density at radius 1 is 1.36 bits per heavy atom. The highest BCUT2D eigenvalue weighted by Crippen LogP contribution is 1.88. The van der Waals surface area contributed by atoms with Crippen molar-refractivity contribution in [3.8, 4) is 0 Å². The van der Waals surface area contributed by atoms with Crippen molar-refractivity contribution in [3.63, 3.8) is 0 Å². The van der Waals surface area contributed by atoms with Gasteiger partial charge in [-0.15, -0.1) is 0 Å². The molecule has 0 aliphatic heterocycles.